The summed E-state index contributed by atoms with van der Waals surface area (Å²) < 4.78 is 1.49. The van der Waals surface area contributed by atoms with Crippen molar-refractivity contribution in [2.24, 2.45) is 12.8 Å². The van der Waals surface area contributed by atoms with Crippen molar-refractivity contribution in [2.75, 3.05) is 0 Å². The molecule has 0 spiro atoms. The van der Waals surface area contributed by atoms with Crippen LogP contribution in [0.4, 0.5) is 0 Å². The minimum Gasteiger partial charge on any atom is -0.324 e. The molecule has 11 heavy (non-hydrogen) atoms. The van der Waals surface area contributed by atoms with Gasteiger partial charge in [-0.25, -0.2) is 0 Å². The highest BCUT2D eigenvalue weighted by Crippen LogP contribution is 2.23. The average Bonchev–Trinajstić information content (AvgIpc) is 2.41. The molecule has 0 bridgehead atoms. The second-order valence-electron chi connectivity index (χ2n) is 3.01. The van der Waals surface area contributed by atoms with E-state index in [0.717, 1.165) is 24.1 Å². The summed E-state index contributed by atoms with van der Waals surface area (Å²) in [4.78, 5) is 11.3. The van der Waals surface area contributed by atoms with Crippen molar-refractivity contribution in [1.29, 1.82) is 0 Å². The van der Waals surface area contributed by atoms with Gasteiger partial charge in [-0.3, -0.25) is 14.6 Å². The third kappa shape index (κ3) is 0.758. The first kappa shape index (κ1) is 6.67. The summed E-state index contributed by atoms with van der Waals surface area (Å²) in [5.41, 5.74) is 7.56. The minimum absolute atomic E-state index is 0.0324. The molecule has 1 heterocycles. The highest BCUT2D eigenvalue weighted by atomic mass is 16.1. The maximum Gasteiger partial charge on any atom is 0.271 e. The lowest BCUT2D eigenvalue weighted by atomic mass is 10.2. The summed E-state index contributed by atoms with van der Waals surface area (Å²) >= 11 is 0. The molecule has 4 heteroatoms. The SMILES string of the molecule is Cn1[nH]c2c(c1=O)C(N)CC2. The molecule has 0 saturated heterocycles. The normalized spacial score (nSPS) is 22.2. The minimum atomic E-state index is -0.0463. The molecular weight excluding hydrogens is 142 g/mol. The molecule has 4 nitrogen and oxygen atoms in total. The van der Waals surface area contributed by atoms with Gasteiger partial charge in [0.2, 0.25) is 0 Å². The summed E-state index contributed by atoms with van der Waals surface area (Å²) in [6.07, 6.45) is 1.81. The topological polar surface area (TPSA) is 63.8 Å². The molecule has 2 rings (SSSR count). The lowest BCUT2D eigenvalue weighted by Crippen LogP contribution is -2.20. The Balaban J connectivity index is 2.68. The molecule has 0 radical (unpaired) electrons. The smallest absolute Gasteiger partial charge is 0.271 e. The molecule has 3 N–H and O–H groups in total. The van der Waals surface area contributed by atoms with Gasteiger partial charge in [-0.2, -0.15) is 0 Å². The maximum atomic E-state index is 11.3. The number of nitrogens with one attached hydrogen (secondary N) is 1. The van der Waals surface area contributed by atoms with E-state index >= 15 is 0 Å². The van der Waals surface area contributed by atoms with Crippen molar-refractivity contribution >= 4 is 0 Å². The zero-order valence-corrected chi connectivity index (χ0v) is 6.42. The number of hydrogen-bond donors (Lipinski definition) is 2. The van der Waals surface area contributed by atoms with Crippen LogP contribution in [-0.4, -0.2) is 9.78 Å². The van der Waals surface area contributed by atoms with Crippen LogP contribution >= 0.6 is 0 Å². The van der Waals surface area contributed by atoms with Gasteiger partial charge >= 0.3 is 0 Å². The van der Waals surface area contributed by atoms with E-state index in [4.69, 9.17) is 5.73 Å². The van der Waals surface area contributed by atoms with E-state index in [9.17, 15) is 4.79 Å². The Hall–Kier alpha value is -1.03. The number of nitrogens with zero attached hydrogens (tertiary/aromatic N) is 1. The number of aromatic nitrogens is 2. The summed E-state index contributed by atoms with van der Waals surface area (Å²) in [6.45, 7) is 0. The monoisotopic (exact) mass is 153 g/mol. The third-order valence-electron chi connectivity index (χ3n) is 2.24. The van der Waals surface area contributed by atoms with Crippen LogP contribution < -0.4 is 11.3 Å². The van der Waals surface area contributed by atoms with Gasteiger partial charge in [-0.15, -0.1) is 0 Å². The molecule has 1 aromatic heterocycles. The average molecular weight is 153 g/mol. The number of hydrogen-bond acceptors (Lipinski definition) is 2. The van der Waals surface area contributed by atoms with Crippen LogP contribution in [0.2, 0.25) is 0 Å². The Morgan fingerprint density at radius 1 is 1.73 bits per heavy atom. The van der Waals surface area contributed by atoms with Gasteiger partial charge in [0, 0.05) is 18.8 Å². The first-order valence-electron chi connectivity index (χ1n) is 3.73. The van der Waals surface area contributed by atoms with E-state index in [2.05, 4.69) is 5.10 Å². The van der Waals surface area contributed by atoms with E-state index in [1.54, 1.807) is 7.05 Å². The first-order valence-corrected chi connectivity index (χ1v) is 3.73. The van der Waals surface area contributed by atoms with Gasteiger partial charge < -0.3 is 5.73 Å². The summed E-state index contributed by atoms with van der Waals surface area (Å²) in [7, 11) is 1.72. The van der Waals surface area contributed by atoms with Crippen LogP contribution in [0.3, 0.4) is 0 Å². The second kappa shape index (κ2) is 1.98. The standard InChI is InChI=1S/C7H11N3O/c1-10-7(11)6-4(8)2-3-5(6)9-10/h4,9H,2-3,8H2,1H3. The number of rotatable bonds is 0. The molecule has 0 aromatic carbocycles. The molecule has 1 aliphatic rings. The fourth-order valence-electron chi connectivity index (χ4n) is 1.64. The Labute approximate surface area is 64.0 Å². The second-order valence-corrected chi connectivity index (χ2v) is 3.01. The lowest BCUT2D eigenvalue weighted by molar-refractivity contribution is 0.656. The Bertz CT molecular complexity index is 336. The van der Waals surface area contributed by atoms with Crippen molar-refractivity contribution in [2.45, 2.75) is 18.9 Å². The molecule has 1 aromatic rings. The molecule has 1 atom stereocenters. The van der Waals surface area contributed by atoms with E-state index in [0.29, 0.717) is 0 Å². The van der Waals surface area contributed by atoms with Gasteiger partial charge in [0.15, 0.2) is 0 Å². The number of aromatic amines is 1. The quantitative estimate of drug-likeness (QED) is 0.535. The van der Waals surface area contributed by atoms with Crippen LogP contribution in [-0.2, 0) is 13.5 Å². The predicted molar refractivity (Wildman–Crippen MR) is 41.3 cm³/mol. The number of H-pyrrole nitrogens is 1. The molecule has 60 valence electrons. The van der Waals surface area contributed by atoms with Gasteiger partial charge in [0.1, 0.15) is 0 Å². The molecule has 1 unspecified atom stereocenters. The summed E-state index contributed by atoms with van der Waals surface area (Å²) in [5.74, 6) is 0. The molecular formula is C7H11N3O. The fourth-order valence-corrected chi connectivity index (χ4v) is 1.64. The van der Waals surface area contributed by atoms with Crippen LogP contribution in [0.25, 0.3) is 0 Å². The summed E-state index contributed by atoms with van der Waals surface area (Å²) in [5, 5.41) is 2.98. The molecule has 0 aliphatic heterocycles. The largest absolute Gasteiger partial charge is 0.324 e. The van der Waals surface area contributed by atoms with Crippen molar-refractivity contribution in [3.63, 3.8) is 0 Å². The zero-order chi connectivity index (χ0) is 8.01. The third-order valence-corrected chi connectivity index (χ3v) is 2.24. The van der Waals surface area contributed by atoms with Gasteiger partial charge in [-0.05, 0) is 12.8 Å². The lowest BCUT2D eigenvalue weighted by Gasteiger charge is -1.97. The van der Waals surface area contributed by atoms with Crippen molar-refractivity contribution in [3.8, 4) is 0 Å². The van der Waals surface area contributed by atoms with Crippen LogP contribution in [0.1, 0.15) is 23.7 Å². The van der Waals surface area contributed by atoms with E-state index in [1.165, 1.54) is 4.68 Å². The van der Waals surface area contributed by atoms with E-state index in [1.807, 2.05) is 0 Å². The zero-order valence-electron chi connectivity index (χ0n) is 6.42. The highest BCUT2D eigenvalue weighted by molar-refractivity contribution is 5.26. The molecule has 0 saturated carbocycles. The van der Waals surface area contributed by atoms with Crippen LogP contribution in [0.15, 0.2) is 4.79 Å². The Morgan fingerprint density at radius 2 is 2.45 bits per heavy atom. The van der Waals surface area contributed by atoms with Crippen LogP contribution in [0, 0.1) is 0 Å². The number of nitrogens with two attached hydrogens (primary N) is 1. The van der Waals surface area contributed by atoms with Crippen molar-refractivity contribution in [1.82, 2.24) is 9.78 Å². The molecule has 0 amide bonds. The number of fused-ring (bicyclic) bond motifs is 1. The fraction of sp³-hybridized carbons (Fsp3) is 0.571. The Kier molecular flexibility index (Phi) is 1.20. The summed E-state index contributed by atoms with van der Waals surface area (Å²) in [6, 6.07) is -0.0463. The molecule has 1 aliphatic carbocycles. The van der Waals surface area contributed by atoms with E-state index in [-0.39, 0.29) is 11.6 Å². The first-order chi connectivity index (χ1) is 5.20. The highest BCUT2D eigenvalue weighted by Gasteiger charge is 2.24. The predicted octanol–water partition coefficient (Wildman–Crippen LogP) is -0.341. The van der Waals surface area contributed by atoms with Gasteiger partial charge in [0.25, 0.3) is 5.56 Å². The van der Waals surface area contributed by atoms with Crippen molar-refractivity contribution < 1.29 is 0 Å². The Morgan fingerprint density at radius 3 is 3.09 bits per heavy atom. The van der Waals surface area contributed by atoms with Gasteiger partial charge in [-0.1, -0.05) is 0 Å². The van der Waals surface area contributed by atoms with Crippen LogP contribution in [0.5, 0.6) is 0 Å². The van der Waals surface area contributed by atoms with Crippen molar-refractivity contribution in [3.05, 3.63) is 21.6 Å². The van der Waals surface area contributed by atoms with Gasteiger partial charge in [0.05, 0.1) is 5.56 Å². The molecule has 0 fully saturated rings. The number of aryl methyl sites for hydroxylation is 2. The van der Waals surface area contributed by atoms with E-state index < -0.39 is 0 Å². The maximum absolute atomic E-state index is 11.3.